The Labute approximate surface area is 59.2 Å². The summed E-state index contributed by atoms with van der Waals surface area (Å²) >= 11 is 0. The largest absolute Gasteiger partial charge is 0.243 e. The molecule has 0 spiro atoms. The summed E-state index contributed by atoms with van der Waals surface area (Å²) in [6, 6.07) is 0. The number of halogens is 2. The van der Waals surface area contributed by atoms with Crippen LogP contribution in [0.4, 0.5) is 8.78 Å². The summed E-state index contributed by atoms with van der Waals surface area (Å²) in [7, 11) is 0. The van der Waals surface area contributed by atoms with E-state index in [9.17, 15) is 8.78 Å². The van der Waals surface area contributed by atoms with Crippen molar-refractivity contribution in [3.8, 4) is 12.3 Å². The second-order valence-electron chi connectivity index (χ2n) is 1.74. The van der Waals surface area contributed by atoms with Gasteiger partial charge >= 0.3 is 0 Å². The summed E-state index contributed by atoms with van der Waals surface area (Å²) in [6.07, 6.45) is 7.32. The molecule has 0 fully saturated rings. The Balaban J connectivity index is 4.07. The van der Waals surface area contributed by atoms with Crippen LogP contribution >= 0.6 is 0 Å². The van der Waals surface area contributed by atoms with Crippen LogP contribution in [-0.4, -0.2) is 6.67 Å². The first-order valence-corrected chi connectivity index (χ1v) is 2.76. The number of hydrogen-bond acceptors (Lipinski definition) is 0. The lowest BCUT2D eigenvalue weighted by molar-refractivity contribution is 0.459. The summed E-state index contributed by atoms with van der Waals surface area (Å²) in [5.41, 5.74) is 0.573. The van der Waals surface area contributed by atoms with E-state index in [2.05, 4.69) is 5.92 Å². The molecule has 0 aliphatic rings. The second-order valence-corrected chi connectivity index (χ2v) is 1.74. The van der Waals surface area contributed by atoms with E-state index >= 15 is 0 Å². The van der Waals surface area contributed by atoms with Gasteiger partial charge in [-0.1, -0.05) is 5.92 Å². The van der Waals surface area contributed by atoms with Crippen molar-refractivity contribution in [2.24, 2.45) is 0 Å². The van der Waals surface area contributed by atoms with Crippen LogP contribution in [0, 0.1) is 12.3 Å². The molecular weight excluding hydrogens is 134 g/mol. The normalized spacial score (nSPS) is 13.0. The molecule has 0 radical (unpaired) electrons. The lowest BCUT2D eigenvalue weighted by Crippen LogP contribution is -1.73. The van der Waals surface area contributed by atoms with Crippen LogP contribution in [0.3, 0.4) is 0 Å². The summed E-state index contributed by atoms with van der Waals surface area (Å²) < 4.78 is 23.4. The summed E-state index contributed by atoms with van der Waals surface area (Å²) in [6.45, 7) is 0.566. The average molecular weight is 142 g/mol. The SMILES string of the molecule is C#C/C(C)=C\C=C(\F)CF. The Kier molecular flexibility index (Phi) is 4.23. The van der Waals surface area contributed by atoms with Crippen molar-refractivity contribution in [2.45, 2.75) is 6.92 Å². The van der Waals surface area contributed by atoms with Gasteiger partial charge in [-0.15, -0.1) is 6.42 Å². The van der Waals surface area contributed by atoms with Gasteiger partial charge in [-0.25, -0.2) is 8.78 Å². The fourth-order valence-electron chi connectivity index (χ4n) is 0.308. The van der Waals surface area contributed by atoms with Crippen molar-refractivity contribution in [3.63, 3.8) is 0 Å². The molecule has 0 aromatic heterocycles. The lowest BCUT2D eigenvalue weighted by Gasteiger charge is -1.83. The van der Waals surface area contributed by atoms with Gasteiger partial charge in [0.1, 0.15) is 12.5 Å². The Morgan fingerprint density at radius 3 is 2.60 bits per heavy atom. The van der Waals surface area contributed by atoms with Crippen molar-refractivity contribution >= 4 is 0 Å². The maximum atomic E-state index is 12.0. The molecule has 0 saturated heterocycles. The number of hydrogen-bond donors (Lipinski definition) is 0. The molecule has 54 valence electrons. The Bertz CT molecular complexity index is 194. The van der Waals surface area contributed by atoms with Gasteiger partial charge in [0.05, 0.1) is 0 Å². The Morgan fingerprint density at radius 1 is 1.60 bits per heavy atom. The molecule has 0 rings (SSSR count). The zero-order chi connectivity index (χ0) is 7.98. The zero-order valence-corrected chi connectivity index (χ0v) is 5.70. The summed E-state index contributed by atoms with van der Waals surface area (Å²) in [5.74, 6) is 1.46. The van der Waals surface area contributed by atoms with Gasteiger partial charge in [0.15, 0.2) is 0 Å². The van der Waals surface area contributed by atoms with Crippen LogP contribution in [0.15, 0.2) is 23.6 Å². The maximum absolute atomic E-state index is 12.0. The molecule has 0 N–H and O–H groups in total. The minimum absolute atomic E-state index is 0.573. The fourth-order valence-corrected chi connectivity index (χ4v) is 0.308. The van der Waals surface area contributed by atoms with Gasteiger partial charge in [-0.05, 0) is 24.6 Å². The third-order valence-corrected chi connectivity index (χ3v) is 0.870. The third kappa shape index (κ3) is 3.85. The predicted molar refractivity (Wildman–Crippen MR) is 37.8 cm³/mol. The van der Waals surface area contributed by atoms with Crippen molar-refractivity contribution in [1.82, 2.24) is 0 Å². The van der Waals surface area contributed by atoms with Crippen molar-refractivity contribution in [3.05, 3.63) is 23.6 Å². The van der Waals surface area contributed by atoms with Gasteiger partial charge in [-0.3, -0.25) is 0 Å². The van der Waals surface area contributed by atoms with E-state index < -0.39 is 12.5 Å². The summed E-state index contributed by atoms with van der Waals surface area (Å²) in [5, 5.41) is 0. The highest BCUT2D eigenvalue weighted by atomic mass is 19.2. The molecule has 0 heterocycles. The molecule has 0 saturated carbocycles. The van der Waals surface area contributed by atoms with Crippen LogP contribution < -0.4 is 0 Å². The summed E-state index contributed by atoms with van der Waals surface area (Å²) in [4.78, 5) is 0. The Morgan fingerprint density at radius 2 is 2.20 bits per heavy atom. The molecule has 0 atom stereocenters. The first-order chi connectivity index (χ1) is 4.70. The smallest absolute Gasteiger partial charge is 0.141 e. The van der Waals surface area contributed by atoms with Crippen LogP contribution in [0.25, 0.3) is 0 Å². The topological polar surface area (TPSA) is 0 Å². The first kappa shape index (κ1) is 8.90. The van der Waals surface area contributed by atoms with Gasteiger partial charge < -0.3 is 0 Å². The van der Waals surface area contributed by atoms with Crippen LogP contribution in [-0.2, 0) is 0 Å². The highest BCUT2D eigenvalue weighted by Crippen LogP contribution is 1.98. The molecule has 10 heavy (non-hydrogen) atoms. The van der Waals surface area contributed by atoms with Gasteiger partial charge in [0, 0.05) is 0 Å². The number of terminal acetylenes is 1. The highest BCUT2D eigenvalue weighted by molar-refractivity contribution is 5.27. The van der Waals surface area contributed by atoms with E-state index in [1.54, 1.807) is 6.92 Å². The highest BCUT2D eigenvalue weighted by Gasteiger charge is 1.87. The van der Waals surface area contributed by atoms with E-state index in [1.807, 2.05) is 0 Å². The molecule has 0 aliphatic carbocycles. The molecule has 0 aromatic rings. The molecule has 0 nitrogen and oxygen atoms in total. The monoisotopic (exact) mass is 142 g/mol. The average Bonchev–Trinajstić information content (AvgIpc) is 1.99. The molecule has 0 amide bonds. The van der Waals surface area contributed by atoms with E-state index in [0.29, 0.717) is 5.57 Å². The molecule has 0 bridgehead atoms. The number of allylic oxidation sites excluding steroid dienone is 4. The second kappa shape index (κ2) is 4.75. The van der Waals surface area contributed by atoms with Gasteiger partial charge in [0.2, 0.25) is 0 Å². The van der Waals surface area contributed by atoms with Crippen LogP contribution in [0.5, 0.6) is 0 Å². The first-order valence-electron chi connectivity index (χ1n) is 2.76. The lowest BCUT2D eigenvalue weighted by atomic mass is 10.3. The zero-order valence-electron chi connectivity index (χ0n) is 5.70. The van der Waals surface area contributed by atoms with E-state index in [-0.39, 0.29) is 0 Å². The maximum Gasteiger partial charge on any atom is 0.141 e. The predicted octanol–water partition coefficient (Wildman–Crippen LogP) is 2.39. The number of rotatable bonds is 2. The van der Waals surface area contributed by atoms with Crippen molar-refractivity contribution in [1.29, 1.82) is 0 Å². The fraction of sp³-hybridized carbons (Fsp3) is 0.250. The molecule has 0 aliphatic heterocycles. The van der Waals surface area contributed by atoms with E-state index in [0.717, 1.165) is 6.08 Å². The number of alkyl halides is 1. The minimum Gasteiger partial charge on any atom is -0.243 e. The van der Waals surface area contributed by atoms with Crippen LogP contribution in [0.2, 0.25) is 0 Å². The van der Waals surface area contributed by atoms with Crippen LogP contribution in [0.1, 0.15) is 6.92 Å². The van der Waals surface area contributed by atoms with Crippen molar-refractivity contribution < 1.29 is 8.78 Å². The van der Waals surface area contributed by atoms with E-state index in [4.69, 9.17) is 6.42 Å². The third-order valence-electron chi connectivity index (χ3n) is 0.870. The quantitative estimate of drug-likeness (QED) is 0.410. The minimum atomic E-state index is -1.08. The molecule has 2 heteroatoms. The Hall–Kier alpha value is -1.10. The van der Waals surface area contributed by atoms with Gasteiger partial charge in [0.25, 0.3) is 0 Å². The standard InChI is InChI=1S/C8H8F2/c1-3-7(2)4-5-8(10)6-9/h1,4-5H,6H2,2H3/b7-4-,8-5+. The molecule has 0 unspecified atom stereocenters. The van der Waals surface area contributed by atoms with Crippen molar-refractivity contribution in [2.75, 3.05) is 6.67 Å². The van der Waals surface area contributed by atoms with Gasteiger partial charge in [-0.2, -0.15) is 0 Å². The molecular formula is C8H8F2. The molecule has 0 aromatic carbocycles. The van der Waals surface area contributed by atoms with E-state index in [1.165, 1.54) is 6.08 Å².